The van der Waals surface area contributed by atoms with Crippen LogP contribution in [0.1, 0.15) is 18.9 Å². The smallest absolute Gasteiger partial charge is 0.269 e. The van der Waals surface area contributed by atoms with Gasteiger partial charge in [-0.15, -0.1) is 0 Å². The first kappa shape index (κ1) is 21.5. The number of hydrogen-bond donors (Lipinski definition) is 0. The summed E-state index contributed by atoms with van der Waals surface area (Å²) < 4.78 is 7.88. The Bertz CT molecular complexity index is 1090. The summed E-state index contributed by atoms with van der Waals surface area (Å²) in [5, 5.41) is 12.1. The molecule has 1 heterocycles. The summed E-state index contributed by atoms with van der Waals surface area (Å²) in [6, 6.07) is 11.9. The molecule has 0 amide bonds. The fourth-order valence-electron chi connectivity index (χ4n) is 2.86. The van der Waals surface area contributed by atoms with Crippen LogP contribution >= 0.6 is 27.7 Å². The molecule has 0 bridgehead atoms. The quantitative estimate of drug-likeness (QED) is 0.145. The fraction of sp³-hybridized carbons (Fsp3) is 0.300. The molecule has 0 N–H and O–H groups in total. The highest BCUT2D eigenvalue weighted by molar-refractivity contribution is 9.10. The second-order valence-corrected chi connectivity index (χ2v) is 8.14. The molecule has 152 valence electrons. The second kappa shape index (κ2) is 10.00. The number of hydrogen-bond acceptors (Lipinski definition) is 6. The molecule has 7 nitrogen and oxygen atoms in total. The molecule has 0 saturated heterocycles. The Labute approximate surface area is 180 Å². The Hall–Kier alpha value is -2.23. The second-order valence-electron chi connectivity index (χ2n) is 6.28. The highest BCUT2D eigenvalue weighted by Crippen LogP contribution is 2.25. The van der Waals surface area contributed by atoms with Crippen LogP contribution in [0.5, 0.6) is 0 Å². The van der Waals surface area contributed by atoms with E-state index < -0.39 is 4.92 Å². The van der Waals surface area contributed by atoms with Crippen LogP contribution in [0.2, 0.25) is 0 Å². The number of halogens is 1. The molecule has 3 rings (SSSR count). The fourth-order valence-corrected chi connectivity index (χ4v) is 4.19. The number of nitrogens with zero attached hydrogens (tertiary/aromatic N) is 3. The van der Waals surface area contributed by atoms with Crippen LogP contribution in [0.15, 0.2) is 56.9 Å². The normalized spacial score (nSPS) is 11.1. The molecule has 0 unspecified atom stereocenters. The van der Waals surface area contributed by atoms with Gasteiger partial charge < -0.3 is 4.74 Å². The van der Waals surface area contributed by atoms with Crippen molar-refractivity contribution in [2.75, 3.05) is 13.2 Å². The molecule has 0 fully saturated rings. The lowest BCUT2D eigenvalue weighted by Crippen LogP contribution is -2.24. The Morgan fingerprint density at radius 2 is 2.10 bits per heavy atom. The van der Waals surface area contributed by atoms with Gasteiger partial charge in [0.15, 0.2) is 5.16 Å². The molecule has 9 heteroatoms. The summed E-state index contributed by atoms with van der Waals surface area (Å²) in [6.45, 7) is 3.62. The number of nitro benzene ring substituents is 1. The zero-order valence-electron chi connectivity index (χ0n) is 15.8. The van der Waals surface area contributed by atoms with Gasteiger partial charge in [-0.25, -0.2) is 4.98 Å². The van der Waals surface area contributed by atoms with Gasteiger partial charge in [0.25, 0.3) is 11.2 Å². The lowest BCUT2D eigenvalue weighted by molar-refractivity contribution is -0.384. The molecule has 2 aromatic carbocycles. The molecule has 0 spiro atoms. The Morgan fingerprint density at radius 1 is 1.28 bits per heavy atom. The zero-order chi connectivity index (χ0) is 20.8. The SMILES string of the molecule is CCOCCCn1c(SCc2cccc([N+](=O)[O-])c2)nc2ccc(Br)cc2c1=O. The van der Waals surface area contributed by atoms with Crippen molar-refractivity contribution in [1.82, 2.24) is 9.55 Å². The Balaban J connectivity index is 1.91. The summed E-state index contributed by atoms with van der Waals surface area (Å²) in [6.07, 6.45) is 0.694. The number of aromatic nitrogens is 2. The number of nitro groups is 1. The third-order valence-corrected chi connectivity index (χ3v) is 5.79. The van der Waals surface area contributed by atoms with Crippen molar-refractivity contribution in [2.24, 2.45) is 0 Å². The third kappa shape index (κ3) is 5.43. The van der Waals surface area contributed by atoms with E-state index >= 15 is 0 Å². The number of thioether (sulfide) groups is 1. The average Bonchev–Trinajstić information content (AvgIpc) is 2.72. The predicted molar refractivity (Wildman–Crippen MR) is 117 cm³/mol. The first-order valence-corrected chi connectivity index (χ1v) is 10.9. The topological polar surface area (TPSA) is 87.3 Å². The van der Waals surface area contributed by atoms with Gasteiger partial charge in [-0.05, 0) is 37.1 Å². The third-order valence-electron chi connectivity index (χ3n) is 4.24. The molecular weight excluding hydrogens is 458 g/mol. The van der Waals surface area contributed by atoms with Crippen molar-refractivity contribution in [2.45, 2.75) is 30.8 Å². The Morgan fingerprint density at radius 3 is 2.86 bits per heavy atom. The largest absolute Gasteiger partial charge is 0.382 e. The first-order chi connectivity index (χ1) is 14.0. The monoisotopic (exact) mass is 477 g/mol. The van der Waals surface area contributed by atoms with Crippen LogP contribution in [-0.2, 0) is 17.0 Å². The molecular formula is C20H20BrN3O4S. The number of fused-ring (bicyclic) bond motifs is 1. The maximum Gasteiger partial charge on any atom is 0.269 e. The molecule has 0 saturated carbocycles. The number of rotatable bonds is 9. The van der Waals surface area contributed by atoms with Gasteiger partial charge in [-0.1, -0.05) is 39.8 Å². The van der Waals surface area contributed by atoms with E-state index in [1.807, 2.05) is 25.1 Å². The number of ether oxygens (including phenoxy) is 1. The lowest BCUT2D eigenvalue weighted by Gasteiger charge is -2.13. The minimum atomic E-state index is -0.413. The van der Waals surface area contributed by atoms with Gasteiger partial charge in [0.05, 0.1) is 15.8 Å². The van der Waals surface area contributed by atoms with Crippen molar-refractivity contribution in [3.8, 4) is 0 Å². The summed E-state index contributed by atoms with van der Waals surface area (Å²) in [7, 11) is 0. The average molecular weight is 478 g/mol. The minimum Gasteiger partial charge on any atom is -0.382 e. The predicted octanol–water partition coefficient (Wildman–Crippen LogP) is 4.79. The lowest BCUT2D eigenvalue weighted by atomic mass is 10.2. The maximum atomic E-state index is 13.1. The van der Waals surface area contributed by atoms with Crippen LogP contribution in [0.25, 0.3) is 10.9 Å². The van der Waals surface area contributed by atoms with E-state index in [0.29, 0.717) is 48.0 Å². The zero-order valence-corrected chi connectivity index (χ0v) is 18.2. The molecule has 0 aliphatic carbocycles. The van der Waals surface area contributed by atoms with Crippen molar-refractivity contribution in [3.63, 3.8) is 0 Å². The summed E-state index contributed by atoms with van der Waals surface area (Å²) in [4.78, 5) is 28.3. The van der Waals surface area contributed by atoms with Crippen LogP contribution in [0.4, 0.5) is 5.69 Å². The number of non-ortho nitro benzene ring substituents is 1. The van der Waals surface area contributed by atoms with Crippen LogP contribution < -0.4 is 5.56 Å². The first-order valence-electron chi connectivity index (χ1n) is 9.13. The van der Waals surface area contributed by atoms with E-state index in [9.17, 15) is 14.9 Å². The van der Waals surface area contributed by atoms with Gasteiger partial charge in [-0.3, -0.25) is 19.5 Å². The summed E-state index contributed by atoms with van der Waals surface area (Å²) in [5.41, 5.74) is 1.37. The van der Waals surface area contributed by atoms with Crippen molar-refractivity contribution in [1.29, 1.82) is 0 Å². The highest BCUT2D eigenvalue weighted by Gasteiger charge is 2.13. The van der Waals surface area contributed by atoms with Gasteiger partial charge in [-0.2, -0.15) is 0 Å². The van der Waals surface area contributed by atoms with Crippen molar-refractivity contribution >= 4 is 44.3 Å². The molecule has 0 aliphatic rings. The van der Waals surface area contributed by atoms with Crippen LogP contribution in [-0.4, -0.2) is 27.7 Å². The maximum absolute atomic E-state index is 13.1. The van der Waals surface area contributed by atoms with E-state index in [4.69, 9.17) is 4.74 Å². The van der Waals surface area contributed by atoms with Gasteiger partial charge >= 0.3 is 0 Å². The van der Waals surface area contributed by atoms with E-state index in [0.717, 1.165) is 10.0 Å². The van der Waals surface area contributed by atoms with E-state index in [1.165, 1.54) is 17.8 Å². The van der Waals surface area contributed by atoms with Gasteiger partial charge in [0.2, 0.25) is 0 Å². The molecule has 0 radical (unpaired) electrons. The van der Waals surface area contributed by atoms with Crippen molar-refractivity contribution in [3.05, 3.63) is 73.0 Å². The number of benzene rings is 2. The van der Waals surface area contributed by atoms with Gasteiger partial charge in [0.1, 0.15) is 0 Å². The van der Waals surface area contributed by atoms with E-state index in [2.05, 4.69) is 20.9 Å². The minimum absolute atomic E-state index is 0.0496. The Kier molecular flexibility index (Phi) is 7.40. The highest BCUT2D eigenvalue weighted by atomic mass is 79.9. The van der Waals surface area contributed by atoms with Crippen LogP contribution in [0, 0.1) is 10.1 Å². The molecule has 0 aliphatic heterocycles. The molecule has 0 atom stereocenters. The molecule has 1 aromatic heterocycles. The summed E-state index contributed by atoms with van der Waals surface area (Å²) in [5.74, 6) is 0.474. The van der Waals surface area contributed by atoms with Gasteiger partial charge in [0, 0.05) is 42.1 Å². The van der Waals surface area contributed by atoms with Crippen LogP contribution in [0.3, 0.4) is 0 Å². The molecule has 29 heavy (non-hydrogen) atoms. The molecule has 3 aromatic rings. The van der Waals surface area contributed by atoms with Crippen molar-refractivity contribution < 1.29 is 9.66 Å². The summed E-state index contributed by atoms with van der Waals surface area (Å²) >= 11 is 4.80. The standard InChI is InChI=1S/C20H20BrN3O4S/c1-2-28-10-4-9-23-19(25)17-12-15(21)7-8-18(17)22-20(23)29-13-14-5-3-6-16(11-14)24(26)27/h3,5-8,11-12H,2,4,9-10,13H2,1H3. The van der Waals surface area contributed by atoms with E-state index in [-0.39, 0.29) is 11.2 Å². The van der Waals surface area contributed by atoms with E-state index in [1.54, 1.807) is 22.8 Å².